The van der Waals surface area contributed by atoms with E-state index in [4.69, 9.17) is 13.3 Å². The normalized spacial score (nSPS) is 12.6. The molecule has 0 atom stereocenters. The average Bonchev–Trinajstić information content (AvgIpc) is 2.73. The van der Waals surface area contributed by atoms with Crippen molar-refractivity contribution in [3.8, 4) is 0 Å². The Morgan fingerprint density at radius 2 is 0.871 bits per heavy atom. The summed E-state index contributed by atoms with van der Waals surface area (Å²) in [5, 5.41) is 0. The summed E-state index contributed by atoms with van der Waals surface area (Å²) in [6, 6.07) is 0.961. The van der Waals surface area contributed by atoms with Crippen molar-refractivity contribution < 1.29 is 17.8 Å². The van der Waals surface area contributed by atoms with Gasteiger partial charge in [0.1, 0.15) is 0 Å². The Bertz CT molecular complexity index is 353. The number of unbranched alkanes of at least 4 members (excludes halogenated alkanes) is 9. The number of quaternary nitrogens is 1. The molecule has 4 nitrogen and oxygen atoms in total. The van der Waals surface area contributed by atoms with Crippen molar-refractivity contribution in [1.29, 1.82) is 0 Å². The largest absolute Gasteiger partial charge is 0.501 e. The molecule has 0 bridgehead atoms. The van der Waals surface area contributed by atoms with Crippen LogP contribution in [0, 0.1) is 0 Å². The lowest BCUT2D eigenvalue weighted by Gasteiger charge is -2.33. The number of nitrogens with zero attached hydrogens (tertiary/aromatic N) is 1. The van der Waals surface area contributed by atoms with Gasteiger partial charge >= 0.3 is 8.80 Å². The fourth-order valence-corrected chi connectivity index (χ4v) is 6.43. The second kappa shape index (κ2) is 20.6. The van der Waals surface area contributed by atoms with Gasteiger partial charge in [-0.25, -0.2) is 0 Å². The van der Waals surface area contributed by atoms with Crippen LogP contribution in [0.5, 0.6) is 0 Å². The standard InChI is InChI=1S/C26H58NO3Si/c1-7-11-15-16-17-18-19-21-27(5,6)22-20-26-31(28-23-12-8-2,29-24-13-9-3)30-25-14-10-4/h7-26H2,1-6H3/q+1. The van der Waals surface area contributed by atoms with E-state index in [0.29, 0.717) is 0 Å². The van der Waals surface area contributed by atoms with Gasteiger partial charge in [-0.1, -0.05) is 79.1 Å². The molecule has 0 aliphatic heterocycles. The first-order valence-electron chi connectivity index (χ1n) is 13.7. The van der Waals surface area contributed by atoms with Crippen LogP contribution < -0.4 is 0 Å². The maximum atomic E-state index is 6.41. The molecule has 0 unspecified atom stereocenters. The van der Waals surface area contributed by atoms with E-state index < -0.39 is 8.80 Å². The minimum atomic E-state index is -2.57. The lowest BCUT2D eigenvalue weighted by Crippen LogP contribution is -2.48. The SMILES string of the molecule is CCCCCCCCC[N+](C)(C)CCC[Si](OCCCC)(OCCCC)OCCCC. The quantitative estimate of drug-likeness (QED) is 0.0843. The Morgan fingerprint density at radius 3 is 1.32 bits per heavy atom. The van der Waals surface area contributed by atoms with Crippen LogP contribution in [0.2, 0.25) is 6.04 Å². The highest BCUT2D eigenvalue weighted by atomic mass is 28.4. The van der Waals surface area contributed by atoms with Crippen LogP contribution in [0.3, 0.4) is 0 Å². The number of rotatable bonds is 24. The monoisotopic (exact) mass is 460 g/mol. The highest BCUT2D eigenvalue weighted by Crippen LogP contribution is 2.21. The third-order valence-electron chi connectivity index (χ3n) is 6.07. The Hall–Kier alpha value is 0.0569. The third-order valence-corrected chi connectivity index (χ3v) is 8.97. The molecule has 0 aromatic rings. The molecule has 0 spiro atoms. The van der Waals surface area contributed by atoms with Gasteiger partial charge in [0.25, 0.3) is 0 Å². The molecule has 0 rings (SSSR count). The van der Waals surface area contributed by atoms with Crippen LogP contribution in [0.4, 0.5) is 0 Å². The fourth-order valence-electron chi connectivity index (χ4n) is 3.79. The molecule has 0 saturated carbocycles. The van der Waals surface area contributed by atoms with Crippen LogP contribution >= 0.6 is 0 Å². The molecule has 0 saturated heterocycles. The molecule has 0 aliphatic rings. The minimum Gasteiger partial charge on any atom is -0.373 e. The van der Waals surface area contributed by atoms with Crippen molar-refractivity contribution >= 4 is 8.80 Å². The number of hydrogen-bond acceptors (Lipinski definition) is 3. The summed E-state index contributed by atoms with van der Waals surface area (Å²) >= 11 is 0. The van der Waals surface area contributed by atoms with Gasteiger partial charge in [0, 0.05) is 32.3 Å². The van der Waals surface area contributed by atoms with Crippen molar-refractivity contribution in [2.75, 3.05) is 47.0 Å². The molecule has 0 fully saturated rings. The van der Waals surface area contributed by atoms with E-state index in [1.54, 1.807) is 0 Å². The van der Waals surface area contributed by atoms with Gasteiger partial charge in [0.15, 0.2) is 0 Å². The lowest BCUT2D eigenvalue weighted by molar-refractivity contribution is -0.890. The summed E-state index contributed by atoms with van der Waals surface area (Å²) in [6.07, 6.45) is 17.5. The molecule has 0 aromatic carbocycles. The van der Waals surface area contributed by atoms with Gasteiger partial charge in [-0.2, -0.15) is 0 Å². The smallest absolute Gasteiger partial charge is 0.373 e. The molecule has 0 heterocycles. The zero-order valence-electron chi connectivity index (χ0n) is 22.3. The van der Waals surface area contributed by atoms with E-state index in [1.165, 1.54) is 58.0 Å². The van der Waals surface area contributed by atoms with E-state index in [2.05, 4.69) is 41.8 Å². The van der Waals surface area contributed by atoms with Crippen LogP contribution in [0.25, 0.3) is 0 Å². The Morgan fingerprint density at radius 1 is 0.484 bits per heavy atom. The average molecular weight is 461 g/mol. The summed E-state index contributed by atoms with van der Waals surface area (Å²) in [5.41, 5.74) is 0. The first kappa shape index (κ1) is 31.1. The first-order chi connectivity index (χ1) is 14.9. The summed E-state index contributed by atoms with van der Waals surface area (Å²) in [4.78, 5) is 0. The van der Waals surface area contributed by atoms with E-state index in [-0.39, 0.29) is 0 Å². The van der Waals surface area contributed by atoms with Crippen LogP contribution in [0.15, 0.2) is 0 Å². The van der Waals surface area contributed by atoms with Crippen molar-refractivity contribution in [1.82, 2.24) is 0 Å². The Balaban J connectivity index is 4.58. The zero-order chi connectivity index (χ0) is 23.3. The topological polar surface area (TPSA) is 27.7 Å². The Kier molecular flexibility index (Phi) is 20.7. The highest BCUT2D eigenvalue weighted by Gasteiger charge is 2.41. The van der Waals surface area contributed by atoms with Gasteiger partial charge in [-0.15, -0.1) is 0 Å². The molecule has 0 N–H and O–H groups in total. The predicted molar refractivity (Wildman–Crippen MR) is 138 cm³/mol. The Labute approximate surface area is 197 Å². The molecule has 0 aliphatic carbocycles. The van der Waals surface area contributed by atoms with Crippen molar-refractivity contribution in [3.05, 3.63) is 0 Å². The predicted octanol–water partition coefficient (Wildman–Crippen LogP) is 7.59. The van der Waals surface area contributed by atoms with Crippen molar-refractivity contribution in [2.24, 2.45) is 0 Å². The molecule has 0 aromatic heterocycles. The van der Waals surface area contributed by atoms with Crippen LogP contribution in [0.1, 0.15) is 118 Å². The molecule has 188 valence electrons. The van der Waals surface area contributed by atoms with Gasteiger partial charge in [0.2, 0.25) is 0 Å². The lowest BCUT2D eigenvalue weighted by atomic mass is 10.1. The van der Waals surface area contributed by atoms with Gasteiger partial charge in [-0.05, 0) is 32.1 Å². The van der Waals surface area contributed by atoms with Crippen molar-refractivity contribution in [3.63, 3.8) is 0 Å². The van der Waals surface area contributed by atoms with Crippen molar-refractivity contribution in [2.45, 2.75) is 124 Å². The van der Waals surface area contributed by atoms with Crippen LogP contribution in [-0.2, 0) is 13.3 Å². The first-order valence-corrected chi connectivity index (χ1v) is 15.6. The maximum Gasteiger partial charge on any atom is 0.501 e. The summed E-state index contributed by atoms with van der Waals surface area (Å²) in [5.74, 6) is 0. The van der Waals surface area contributed by atoms with E-state index in [9.17, 15) is 0 Å². The highest BCUT2D eigenvalue weighted by molar-refractivity contribution is 6.60. The fraction of sp³-hybridized carbons (Fsp3) is 1.00. The molecular weight excluding hydrogens is 402 g/mol. The molecule has 5 heteroatoms. The molecule has 0 radical (unpaired) electrons. The molecule has 31 heavy (non-hydrogen) atoms. The summed E-state index contributed by atoms with van der Waals surface area (Å²) < 4.78 is 20.3. The summed E-state index contributed by atoms with van der Waals surface area (Å²) in [7, 11) is 2.19. The van der Waals surface area contributed by atoms with Gasteiger partial charge in [0.05, 0.1) is 27.2 Å². The second-order valence-electron chi connectivity index (χ2n) is 9.90. The number of hydrogen-bond donors (Lipinski definition) is 0. The maximum absolute atomic E-state index is 6.41. The van der Waals surface area contributed by atoms with Crippen LogP contribution in [-0.4, -0.2) is 60.3 Å². The van der Waals surface area contributed by atoms with E-state index in [1.807, 2.05) is 0 Å². The summed E-state index contributed by atoms with van der Waals surface area (Å²) in [6.45, 7) is 13.7. The van der Waals surface area contributed by atoms with E-state index in [0.717, 1.165) is 75.3 Å². The zero-order valence-corrected chi connectivity index (χ0v) is 23.3. The minimum absolute atomic E-state index is 0.775. The van der Waals surface area contributed by atoms with Gasteiger partial charge in [-0.3, -0.25) is 0 Å². The molecular formula is C26H58NO3Si+. The third kappa shape index (κ3) is 18.2. The second-order valence-corrected chi connectivity index (χ2v) is 12.6. The van der Waals surface area contributed by atoms with E-state index >= 15 is 0 Å². The van der Waals surface area contributed by atoms with Gasteiger partial charge < -0.3 is 17.8 Å². The molecule has 0 amide bonds.